The summed E-state index contributed by atoms with van der Waals surface area (Å²) in [7, 11) is 2.09. The van der Waals surface area contributed by atoms with E-state index in [-0.39, 0.29) is 0 Å². The normalized spacial score (nSPS) is 11.2. The standard InChI is InChI=1S/C19H14ClNS/c1-21(14-7-4-6-13(20)12-14)17-10-5-9-16-15-8-2-3-11-18(15)22-19(16)17/h2-12H,1H3. The van der Waals surface area contributed by atoms with Crippen LogP contribution in [0.25, 0.3) is 20.2 Å². The molecule has 0 aliphatic rings. The lowest BCUT2D eigenvalue weighted by atomic mass is 10.1. The molecule has 0 aliphatic heterocycles. The highest BCUT2D eigenvalue weighted by Crippen LogP contribution is 2.40. The van der Waals surface area contributed by atoms with E-state index in [1.54, 1.807) is 0 Å². The second-order valence-electron chi connectivity index (χ2n) is 5.29. The van der Waals surface area contributed by atoms with Gasteiger partial charge in [0, 0.05) is 33.2 Å². The van der Waals surface area contributed by atoms with Gasteiger partial charge in [0.15, 0.2) is 0 Å². The molecule has 0 saturated heterocycles. The number of anilines is 2. The molecule has 0 unspecified atom stereocenters. The Bertz CT molecular complexity index is 973. The molecule has 0 radical (unpaired) electrons. The number of halogens is 1. The number of fused-ring (bicyclic) bond motifs is 3. The van der Waals surface area contributed by atoms with E-state index in [2.05, 4.69) is 60.5 Å². The maximum Gasteiger partial charge on any atom is 0.0592 e. The molecule has 108 valence electrons. The quantitative estimate of drug-likeness (QED) is 0.408. The highest BCUT2D eigenvalue weighted by Gasteiger charge is 2.12. The lowest BCUT2D eigenvalue weighted by molar-refractivity contribution is 1.22. The number of hydrogen-bond donors (Lipinski definition) is 0. The molecule has 3 heteroatoms. The Kier molecular flexibility index (Phi) is 3.29. The van der Waals surface area contributed by atoms with Gasteiger partial charge < -0.3 is 4.90 Å². The van der Waals surface area contributed by atoms with Crippen LogP contribution in [-0.2, 0) is 0 Å². The van der Waals surface area contributed by atoms with Crippen molar-refractivity contribution >= 4 is 54.5 Å². The Morgan fingerprint density at radius 1 is 0.864 bits per heavy atom. The molecule has 0 fully saturated rings. The van der Waals surface area contributed by atoms with Gasteiger partial charge in [-0.05, 0) is 30.3 Å². The molecular weight excluding hydrogens is 310 g/mol. The first-order chi connectivity index (χ1) is 10.7. The first kappa shape index (κ1) is 13.6. The third kappa shape index (κ3) is 2.16. The van der Waals surface area contributed by atoms with Crippen LogP contribution in [-0.4, -0.2) is 7.05 Å². The first-order valence-corrected chi connectivity index (χ1v) is 8.33. The summed E-state index contributed by atoms with van der Waals surface area (Å²) in [6, 6.07) is 23.0. The van der Waals surface area contributed by atoms with Crippen molar-refractivity contribution in [2.75, 3.05) is 11.9 Å². The van der Waals surface area contributed by atoms with E-state index >= 15 is 0 Å². The fraction of sp³-hybridized carbons (Fsp3) is 0.0526. The average molecular weight is 324 g/mol. The van der Waals surface area contributed by atoms with Crippen LogP contribution in [0.5, 0.6) is 0 Å². The minimum absolute atomic E-state index is 0.757. The molecular formula is C19H14ClNS. The topological polar surface area (TPSA) is 3.24 Å². The molecule has 0 amide bonds. The Morgan fingerprint density at radius 2 is 1.64 bits per heavy atom. The maximum absolute atomic E-state index is 6.13. The van der Waals surface area contributed by atoms with Crippen molar-refractivity contribution in [1.29, 1.82) is 0 Å². The molecule has 3 aromatic carbocycles. The van der Waals surface area contributed by atoms with Crippen molar-refractivity contribution in [3.05, 3.63) is 71.8 Å². The fourth-order valence-electron chi connectivity index (χ4n) is 2.82. The lowest BCUT2D eigenvalue weighted by Crippen LogP contribution is -2.09. The Morgan fingerprint density at radius 3 is 2.50 bits per heavy atom. The van der Waals surface area contributed by atoms with Gasteiger partial charge in [0.25, 0.3) is 0 Å². The van der Waals surface area contributed by atoms with E-state index in [0.717, 1.165) is 10.7 Å². The predicted molar refractivity (Wildman–Crippen MR) is 98.8 cm³/mol. The van der Waals surface area contributed by atoms with Crippen LogP contribution in [0.4, 0.5) is 11.4 Å². The van der Waals surface area contributed by atoms with Crippen LogP contribution in [0.3, 0.4) is 0 Å². The summed E-state index contributed by atoms with van der Waals surface area (Å²) in [6.07, 6.45) is 0. The van der Waals surface area contributed by atoms with Crippen molar-refractivity contribution in [2.24, 2.45) is 0 Å². The summed E-state index contributed by atoms with van der Waals surface area (Å²) in [6.45, 7) is 0. The third-order valence-electron chi connectivity index (χ3n) is 3.94. The summed E-state index contributed by atoms with van der Waals surface area (Å²) in [5.41, 5.74) is 2.30. The predicted octanol–water partition coefficient (Wildman–Crippen LogP) is 6.48. The molecule has 1 nitrogen and oxygen atoms in total. The zero-order valence-corrected chi connectivity index (χ0v) is 13.7. The monoisotopic (exact) mass is 323 g/mol. The first-order valence-electron chi connectivity index (χ1n) is 7.13. The Labute approximate surface area is 138 Å². The molecule has 22 heavy (non-hydrogen) atoms. The molecule has 0 saturated carbocycles. The summed E-state index contributed by atoms with van der Waals surface area (Å²) in [5.74, 6) is 0. The largest absolute Gasteiger partial charge is 0.343 e. The fourth-order valence-corrected chi connectivity index (χ4v) is 4.26. The van der Waals surface area contributed by atoms with Gasteiger partial charge in [-0.15, -0.1) is 11.3 Å². The summed E-state index contributed by atoms with van der Waals surface area (Å²) in [5, 5.41) is 3.39. The lowest BCUT2D eigenvalue weighted by Gasteiger charge is -2.20. The summed E-state index contributed by atoms with van der Waals surface area (Å²) < 4.78 is 2.63. The molecule has 0 atom stereocenters. The smallest absolute Gasteiger partial charge is 0.0592 e. The van der Waals surface area contributed by atoms with Crippen LogP contribution in [0.2, 0.25) is 5.02 Å². The van der Waals surface area contributed by atoms with Gasteiger partial charge in [-0.1, -0.05) is 48.0 Å². The van der Waals surface area contributed by atoms with Crippen molar-refractivity contribution < 1.29 is 0 Å². The molecule has 0 bridgehead atoms. The van der Waals surface area contributed by atoms with E-state index in [1.807, 2.05) is 29.5 Å². The molecule has 0 N–H and O–H groups in total. The van der Waals surface area contributed by atoms with Crippen LogP contribution in [0, 0.1) is 0 Å². The number of hydrogen-bond acceptors (Lipinski definition) is 2. The van der Waals surface area contributed by atoms with Crippen molar-refractivity contribution in [3.8, 4) is 0 Å². The minimum Gasteiger partial charge on any atom is -0.343 e. The molecule has 4 aromatic rings. The van der Waals surface area contributed by atoms with Crippen molar-refractivity contribution in [1.82, 2.24) is 0 Å². The van der Waals surface area contributed by atoms with Gasteiger partial charge >= 0.3 is 0 Å². The van der Waals surface area contributed by atoms with Crippen LogP contribution in [0.15, 0.2) is 66.7 Å². The third-order valence-corrected chi connectivity index (χ3v) is 5.38. The van der Waals surface area contributed by atoms with E-state index in [4.69, 9.17) is 11.6 Å². The molecule has 1 heterocycles. The highest BCUT2D eigenvalue weighted by molar-refractivity contribution is 7.26. The average Bonchev–Trinajstić information content (AvgIpc) is 2.93. The van der Waals surface area contributed by atoms with E-state index < -0.39 is 0 Å². The van der Waals surface area contributed by atoms with Gasteiger partial charge in [0.1, 0.15) is 0 Å². The number of thiophene rings is 1. The Hall–Kier alpha value is -2.03. The molecule has 0 spiro atoms. The van der Waals surface area contributed by atoms with Gasteiger partial charge in [-0.25, -0.2) is 0 Å². The van der Waals surface area contributed by atoms with Gasteiger partial charge in [0.05, 0.1) is 10.4 Å². The second-order valence-corrected chi connectivity index (χ2v) is 6.78. The van der Waals surface area contributed by atoms with Crippen LogP contribution in [0.1, 0.15) is 0 Å². The summed E-state index contributed by atoms with van der Waals surface area (Å²) >= 11 is 7.98. The van der Waals surface area contributed by atoms with E-state index in [0.29, 0.717) is 0 Å². The molecule has 0 aliphatic carbocycles. The summed E-state index contributed by atoms with van der Waals surface area (Å²) in [4.78, 5) is 2.20. The van der Waals surface area contributed by atoms with Crippen LogP contribution >= 0.6 is 22.9 Å². The highest BCUT2D eigenvalue weighted by atomic mass is 35.5. The zero-order valence-electron chi connectivity index (χ0n) is 12.1. The van der Waals surface area contributed by atoms with Gasteiger partial charge in [-0.2, -0.15) is 0 Å². The minimum atomic E-state index is 0.757. The Balaban J connectivity index is 1.95. The number of nitrogens with zero attached hydrogens (tertiary/aromatic N) is 1. The number of rotatable bonds is 2. The van der Waals surface area contributed by atoms with Gasteiger partial charge in [-0.3, -0.25) is 0 Å². The molecule has 1 aromatic heterocycles. The van der Waals surface area contributed by atoms with Gasteiger partial charge in [0.2, 0.25) is 0 Å². The SMILES string of the molecule is CN(c1cccc(Cl)c1)c1cccc2c1sc1ccccc12. The molecule has 4 rings (SSSR count). The van der Waals surface area contributed by atoms with Crippen molar-refractivity contribution in [3.63, 3.8) is 0 Å². The zero-order chi connectivity index (χ0) is 15.1. The van der Waals surface area contributed by atoms with Crippen molar-refractivity contribution in [2.45, 2.75) is 0 Å². The number of benzene rings is 3. The van der Waals surface area contributed by atoms with E-state index in [1.165, 1.54) is 25.9 Å². The second kappa shape index (κ2) is 5.31. The van der Waals surface area contributed by atoms with E-state index in [9.17, 15) is 0 Å². The maximum atomic E-state index is 6.13. The van der Waals surface area contributed by atoms with Crippen LogP contribution < -0.4 is 4.90 Å².